The molecule has 1 aromatic carbocycles. The molecule has 78 valence electrons. The number of hydrogen-bond donors (Lipinski definition) is 1. The zero-order chi connectivity index (χ0) is 10.4. The first-order chi connectivity index (χ1) is 6.68. The monoisotopic (exact) mass is 238 g/mol. The van der Waals surface area contributed by atoms with E-state index in [9.17, 15) is 9.36 Å². The Balaban J connectivity index is 0.00000196. The summed E-state index contributed by atoms with van der Waals surface area (Å²) in [6, 6.07) is 8.72. The zero-order valence-electron chi connectivity index (χ0n) is 7.47. The van der Waals surface area contributed by atoms with Crippen LogP contribution < -0.4 is 4.52 Å². The van der Waals surface area contributed by atoms with Gasteiger partial charge in [0.25, 0.3) is 0 Å². The van der Waals surface area contributed by atoms with Crippen molar-refractivity contribution in [3.05, 3.63) is 30.3 Å². The van der Waals surface area contributed by atoms with Gasteiger partial charge in [0.1, 0.15) is 5.75 Å². The van der Waals surface area contributed by atoms with Gasteiger partial charge in [0.05, 0.1) is 6.42 Å². The van der Waals surface area contributed by atoms with Crippen molar-refractivity contribution in [2.45, 2.75) is 6.42 Å². The average molecular weight is 238 g/mol. The molecule has 4 nitrogen and oxygen atoms in total. The van der Waals surface area contributed by atoms with Crippen LogP contribution in [0.25, 0.3) is 0 Å². The maximum absolute atomic E-state index is 11.2. The van der Waals surface area contributed by atoms with E-state index in [0.29, 0.717) is 5.75 Å². The Hall–Kier alpha value is -0.280. The van der Waals surface area contributed by atoms with Gasteiger partial charge >= 0.3 is 35.5 Å². The molecule has 0 radical (unpaired) electrons. The fraction of sp³-hybridized carbons (Fsp3) is 0.222. The van der Waals surface area contributed by atoms with Crippen molar-refractivity contribution in [1.82, 2.24) is 0 Å². The molecule has 0 saturated heterocycles. The van der Waals surface area contributed by atoms with Crippen molar-refractivity contribution < 1.29 is 19.0 Å². The molecular weight excluding hydrogens is 226 g/mol. The van der Waals surface area contributed by atoms with Crippen molar-refractivity contribution in [2.24, 2.45) is 0 Å². The van der Waals surface area contributed by atoms with Gasteiger partial charge in [0.2, 0.25) is 8.03 Å². The van der Waals surface area contributed by atoms with E-state index >= 15 is 0 Å². The van der Waals surface area contributed by atoms with Crippen LogP contribution in [-0.4, -0.2) is 46.8 Å². The summed E-state index contributed by atoms with van der Waals surface area (Å²) in [6.45, 7) is 0. The molecule has 0 aliphatic rings. The van der Waals surface area contributed by atoms with Gasteiger partial charge in [0, 0.05) is 6.16 Å². The summed E-state index contributed by atoms with van der Waals surface area (Å²) in [7, 11) is -2.27. The fourth-order valence-electron chi connectivity index (χ4n) is 0.880. The Kier molecular flexibility index (Phi) is 7.79. The number of hydrogen-bond acceptors (Lipinski definition) is 3. The molecule has 6 heteroatoms. The molecule has 1 N–H and O–H groups in total. The number of carboxylic acid groups (broad SMARTS) is 1. The van der Waals surface area contributed by atoms with Crippen LogP contribution in [0.4, 0.5) is 0 Å². The van der Waals surface area contributed by atoms with Gasteiger partial charge in [0.15, 0.2) is 0 Å². The van der Waals surface area contributed by atoms with E-state index < -0.39 is 14.0 Å². The first-order valence-electron chi connectivity index (χ1n) is 4.16. The number of para-hydroxylation sites is 1. The van der Waals surface area contributed by atoms with Crippen molar-refractivity contribution in [2.75, 3.05) is 6.16 Å². The number of carbonyl (C=O) groups is 1. The van der Waals surface area contributed by atoms with Crippen LogP contribution >= 0.6 is 8.03 Å². The Morgan fingerprint density at radius 3 is 2.47 bits per heavy atom. The number of rotatable bonds is 5. The molecule has 0 spiro atoms. The first kappa shape index (κ1) is 14.7. The van der Waals surface area contributed by atoms with Crippen molar-refractivity contribution in [1.29, 1.82) is 0 Å². The second-order valence-corrected chi connectivity index (χ2v) is 4.13. The molecule has 1 aromatic rings. The van der Waals surface area contributed by atoms with E-state index in [4.69, 9.17) is 9.63 Å². The van der Waals surface area contributed by atoms with E-state index in [2.05, 4.69) is 0 Å². The molecule has 0 aromatic heterocycles. The van der Waals surface area contributed by atoms with Gasteiger partial charge in [-0.05, 0) is 12.1 Å². The molecule has 0 bridgehead atoms. The van der Waals surface area contributed by atoms with E-state index in [0.717, 1.165) is 0 Å². The van der Waals surface area contributed by atoms with Gasteiger partial charge in [-0.15, -0.1) is 0 Å². The summed E-state index contributed by atoms with van der Waals surface area (Å²) in [4.78, 5) is 10.2. The van der Waals surface area contributed by atoms with Crippen LogP contribution in [0.1, 0.15) is 6.42 Å². The van der Waals surface area contributed by atoms with Crippen LogP contribution in [0.15, 0.2) is 30.3 Å². The van der Waals surface area contributed by atoms with Crippen LogP contribution in [-0.2, 0) is 9.36 Å². The topological polar surface area (TPSA) is 63.6 Å². The Labute approximate surface area is 111 Å². The molecule has 1 rings (SSSR count). The van der Waals surface area contributed by atoms with Gasteiger partial charge in [-0.2, -0.15) is 0 Å². The number of aliphatic carboxylic acids is 1. The predicted octanol–water partition coefficient (Wildman–Crippen LogP) is 1.37. The number of benzene rings is 1. The van der Waals surface area contributed by atoms with E-state index in [-0.39, 0.29) is 42.1 Å². The van der Waals surface area contributed by atoms with E-state index in [1.54, 1.807) is 24.3 Å². The summed E-state index contributed by atoms with van der Waals surface area (Å²) in [5.74, 6) is -0.443. The second kappa shape index (κ2) is 7.94. The molecular formula is C9H12NaO4P. The van der Waals surface area contributed by atoms with Crippen LogP contribution in [0.2, 0.25) is 0 Å². The maximum atomic E-state index is 11.2. The molecule has 0 aliphatic heterocycles. The van der Waals surface area contributed by atoms with Gasteiger partial charge in [-0.3, -0.25) is 9.36 Å². The van der Waals surface area contributed by atoms with Crippen molar-refractivity contribution in [3.63, 3.8) is 0 Å². The summed E-state index contributed by atoms with van der Waals surface area (Å²) in [5, 5.41) is 8.35. The van der Waals surface area contributed by atoms with Crippen LogP contribution in [0.3, 0.4) is 0 Å². The molecule has 0 heterocycles. The third-order valence-electron chi connectivity index (χ3n) is 1.52. The Morgan fingerprint density at radius 2 is 1.93 bits per heavy atom. The predicted molar refractivity (Wildman–Crippen MR) is 60.3 cm³/mol. The minimum atomic E-state index is -2.27. The van der Waals surface area contributed by atoms with Gasteiger partial charge in [-0.1, -0.05) is 18.2 Å². The van der Waals surface area contributed by atoms with Crippen molar-refractivity contribution in [3.8, 4) is 5.75 Å². The van der Waals surface area contributed by atoms with Crippen molar-refractivity contribution >= 4 is 43.6 Å². The van der Waals surface area contributed by atoms with E-state index in [1.165, 1.54) is 0 Å². The standard InChI is InChI=1S/C9H11O4P.Na.H/c10-9(11)6-7-14(12)13-8-4-2-1-3-5-8;;/h1-5,14H,6-7H2,(H,10,11);;. The third-order valence-corrected chi connectivity index (χ3v) is 2.64. The zero-order valence-corrected chi connectivity index (χ0v) is 8.47. The third kappa shape index (κ3) is 6.74. The molecule has 0 aliphatic carbocycles. The molecule has 0 amide bonds. The van der Waals surface area contributed by atoms with Gasteiger partial charge in [-0.25, -0.2) is 0 Å². The fourth-order valence-corrected chi connectivity index (χ4v) is 1.80. The van der Waals surface area contributed by atoms with Gasteiger partial charge < -0.3 is 9.63 Å². The molecule has 0 saturated carbocycles. The SMILES string of the molecule is O=C(O)CC[PH](=O)Oc1ccccc1.[NaH]. The second-order valence-electron chi connectivity index (χ2n) is 2.68. The summed E-state index contributed by atoms with van der Waals surface area (Å²) < 4.78 is 16.3. The first-order valence-corrected chi connectivity index (χ1v) is 5.68. The molecule has 15 heavy (non-hydrogen) atoms. The summed E-state index contributed by atoms with van der Waals surface area (Å²) >= 11 is 0. The molecule has 1 atom stereocenters. The number of carboxylic acids is 1. The normalized spacial score (nSPS) is 11.2. The van der Waals surface area contributed by atoms with Crippen LogP contribution in [0, 0.1) is 0 Å². The Morgan fingerprint density at radius 1 is 1.33 bits per heavy atom. The van der Waals surface area contributed by atoms with Crippen LogP contribution in [0.5, 0.6) is 5.75 Å². The van der Waals surface area contributed by atoms with E-state index in [1.807, 2.05) is 6.07 Å². The minimum absolute atomic E-state index is 0. The molecule has 1 unspecified atom stereocenters. The Bertz CT molecular complexity index is 328. The average Bonchev–Trinajstić information content (AvgIpc) is 2.16. The summed E-state index contributed by atoms with van der Waals surface area (Å²) in [5.41, 5.74) is 0. The summed E-state index contributed by atoms with van der Waals surface area (Å²) in [6.07, 6.45) is -0.0421. The molecule has 0 fully saturated rings. The quantitative estimate of drug-likeness (QED) is 0.621.